The number of imide groups is 1. The number of aryl methyl sites for hydroxylation is 1. The molecule has 1 saturated heterocycles. The normalized spacial score (nSPS) is 14.6. The van der Waals surface area contributed by atoms with Crippen molar-refractivity contribution < 1.29 is 23.5 Å². The Hall–Kier alpha value is -4.20. The number of amides is 3. The lowest BCUT2D eigenvalue weighted by Crippen LogP contribution is -2.30. The van der Waals surface area contributed by atoms with Crippen LogP contribution in [0.4, 0.5) is 9.18 Å². The van der Waals surface area contributed by atoms with E-state index in [-0.39, 0.29) is 24.4 Å². The molecule has 34 heavy (non-hydrogen) atoms. The summed E-state index contributed by atoms with van der Waals surface area (Å²) >= 11 is 0. The van der Waals surface area contributed by atoms with E-state index in [0.29, 0.717) is 5.56 Å². The largest absolute Gasteiger partial charge is 0.462 e. The summed E-state index contributed by atoms with van der Waals surface area (Å²) in [5, 5.41) is 2.58. The SMILES string of the molecule is CCOC(=O)c1cccc(-n2c(C)cc(/C=C3\NC(=O)N(Cc4ccccc4F)C3=O)c2C)c1. The third-order valence-corrected chi connectivity index (χ3v) is 5.63. The zero-order valence-electron chi connectivity index (χ0n) is 19.1. The molecule has 1 aliphatic heterocycles. The van der Waals surface area contributed by atoms with Gasteiger partial charge in [-0.15, -0.1) is 0 Å². The maximum Gasteiger partial charge on any atom is 0.338 e. The molecule has 1 fully saturated rings. The third-order valence-electron chi connectivity index (χ3n) is 5.63. The van der Waals surface area contributed by atoms with Gasteiger partial charge in [-0.3, -0.25) is 9.69 Å². The van der Waals surface area contributed by atoms with Crippen LogP contribution in [-0.2, 0) is 16.1 Å². The minimum atomic E-state index is -0.601. The van der Waals surface area contributed by atoms with Gasteiger partial charge < -0.3 is 14.6 Å². The second-order valence-electron chi connectivity index (χ2n) is 7.90. The highest BCUT2D eigenvalue weighted by atomic mass is 19.1. The number of nitrogens with zero attached hydrogens (tertiary/aromatic N) is 2. The van der Waals surface area contributed by atoms with Crippen LogP contribution in [-0.4, -0.2) is 34.0 Å². The highest BCUT2D eigenvalue weighted by Gasteiger charge is 2.34. The lowest BCUT2D eigenvalue weighted by molar-refractivity contribution is -0.123. The van der Waals surface area contributed by atoms with Crippen LogP contribution in [0.2, 0.25) is 0 Å². The number of hydrogen-bond acceptors (Lipinski definition) is 4. The molecule has 8 heteroatoms. The van der Waals surface area contributed by atoms with Crippen LogP contribution in [0.25, 0.3) is 11.8 Å². The number of halogens is 1. The molecule has 1 aromatic heterocycles. The Bertz CT molecular complexity index is 1330. The van der Waals surface area contributed by atoms with Crippen LogP contribution < -0.4 is 5.32 Å². The fraction of sp³-hybridized carbons (Fsp3) is 0.192. The molecule has 0 saturated carbocycles. The second kappa shape index (κ2) is 9.35. The third kappa shape index (κ3) is 4.34. The first-order chi connectivity index (χ1) is 16.3. The lowest BCUT2D eigenvalue weighted by Gasteiger charge is -2.12. The summed E-state index contributed by atoms with van der Waals surface area (Å²) in [5.41, 5.74) is 4.01. The molecule has 1 aliphatic rings. The molecule has 0 bridgehead atoms. The molecule has 0 spiro atoms. The number of rotatable bonds is 6. The van der Waals surface area contributed by atoms with Gasteiger partial charge in [-0.2, -0.15) is 0 Å². The molecular weight excluding hydrogens is 437 g/mol. The van der Waals surface area contributed by atoms with E-state index in [1.807, 2.05) is 30.5 Å². The smallest absolute Gasteiger partial charge is 0.338 e. The van der Waals surface area contributed by atoms with Crippen molar-refractivity contribution in [2.45, 2.75) is 27.3 Å². The number of nitrogens with one attached hydrogen (secondary N) is 1. The Morgan fingerprint density at radius 2 is 1.85 bits per heavy atom. The van der Waals surface area contributed by atoms with Gasteiger partial charge in [0, 0.05) is 22.6 Å². The van der Waals surface area contributed by atoms with Crippen LogP contribution in [0.5, 0.6) is 0 Å². The number of carbonyl (C=O) groups excluding carboxylic acids is 3. The van der Waals surface area contributed by atoms with Gasteiger partial charge in [0.05, 0.1) is 18.7 Å². The fourth-order valence-electron chi connectivity index (χ4n) is 3.99. The zero-order valence-corrected chi connectivity index (χ0v) is 19.1. The van der Waals surface area contributed by atoms with E-state index in [1.165, 1.54) is 12.1 Å². The minimum Gasteiger partial charge on any atom is -0.462 e. The topological polar surface area (TPSA) is 80.6 Å². The summed E-state index contributed by atoms with van der Waals surface area (Å²) in [7, 11) is 0. The standard InChI is InChI=1S/C26H24FN3O4/c1-4-34-25(32)18-9-7-10-21(13-18)30-16(2)12-20(17(30)3)14-23-24(31)29(26(33)28-23)15-19-8-5-6-11-22(19)27/h5-14H,4,15H2,1-3H3,(H,28,33)/b23-14-. The first-order valence-electron chi connectivity index (χ1n) is 10.8. The van der Waals surface area contributed by atoms with E-state index >= 15 is 0 Å². The molecule has 7 nitrogen and oxygen atoms in total. The van der Waals surface area contributed by atoms with E-state index in [4.69, 9.17) is 4.74 Å². The van der Waals surface area contributed by atoms with Crippen molar-refractivity contribution in [3.05, 3.63) is 94.2 Å². The van der Waals surface area contributed by atoms with Gasteiger partial charge >= 0.3 is 12.0 Å². The van der Waals surface area contributed by atoms with Gasteiger partial charge in [-0.25, -0.2) is 14.0 Å². The monoisotopic (exact) mass is 461 g/mol. The Morgan fingerprint density at radius 1 is 1.09 bits per heavy atom. The van der Waals surface area contributed by atoms with E-state index in [2.05, 4.69) is 5.32 Å². The van der Waals surface area contributed by atoms with Gasteiger partial charge in [0.25, 0.3) is 5.91 Å². The summed E-state index contributed by atoms with van der Waals surface area (Å²) < 4.78 is 21.1. The summed E-state index contributed by atoms with van der Waals surface area (Å²) in [4.78, 5) is 38.4. The molecule has 0 radical (unpaired) electrons. The number of aromatic nitrogens is 1. The van der Waals surface area contributed by atoms with Crippen LogP contribution in [0.1, 0.15) is 39.8 Å². The van der Waals surface area contributed by atoms with E-state index < -0.39 is 23.7 Å². The van der Waals surface area contributed by atoms with Crippen molar-refractivity contribution in [1.29, 1.82) is 0 Å². The lowest BCUT2D eigenvalue weighted by atomic mass is 10.2. The molecule has 0 unspecified atom stereocenters. The van der Waals surface area contributed by atoms with Crippen molar-refractivity contribution in [3.63, 3.8) is 0 Å². The van der Waals surface area contributed by atoms with E-state index in [9.17, 15) is 18.8 Å². The van der Waals surface area contributed by atoms with Crippen LogP contribution in [0.3, 0.4) is 0 Å². The Balaban J connectivity index is 1.63. The molecule has 3 aromatic rings. The first-order valence-corrected chi connectivity index (χ1v) is 10.8. The van der Waals surface area contributed by atoms with Crippen LogP contribution in [0, 0.1) is 19.7 Å². The highest BCUT2D eigenvalue weighted by molar-refractivity contribution is 6.14. The van der Waals surface area contributed by atoms with Crippen molar-refractivity contribution in [3.8, 4) is 5.69 Å². The van der Waals surface area contributed by atoms with Gasteiger partial charge in [0.15, 0.2) is 0 Å². The molecule has 2 aromatic carbocycles. The second-order valence-corrected chi connectivity index (χ2v) is 7.90. The van der Waals surface area contributed by atoms with Crippen molar-refractivity contribution in [2.24, 2.45) is 0 Å². The Labute approximate surface area is 196 Å². The molecule has 174 valence electrons. The molecular formula is C26H24FN3O4. The Morgan fingerprint density at radius 3 is 2.59 bits per heavy atom. The first kappa shape index (κ1) is 23.0. The maximum atomic E-state index is 14.0. The van der Waals surface area contributed by atoms with Gasteiger partial charge in [0.2, 0.25) is 0 Å². The van der Waals surface area contributed by atoms with Crippen LogP contribution in [0.15, 0.2) is 60.3 Å². The summed E-state index contributed by atoms with van der Waals surface area (Å²) in [6.07, 6.45) is 1.61. The van der Waals surface area contributed by atoms with Crippen molar-refractivity contribution in [2.75, 3.05) is 6.61 Å². The van der Waals surface area contributed by atoms with Gasteiger partial charge in [-0.05, 0) is 62.7 Å². The molecule has 0 aliphatic carbocycles. The van der Waals surface area contributed by atoms with Crippen molar-refractivity contribution in [1.82, 2.24) is 14.8 Å². The molecule has 1 N–H and O–H groups in total. The number of carbonyl (C=O) groups is 3. The molecule has 4 rings (SSSR count). The van der Waals surface area contributed by atoms with Crippen LogP contribution >= 0.6 is 0 Å². The zero-order chi connectivity index (χ0) is 24.4. The Kier molecular flexibility index (Phi) is 6.32. The fourth-order valence-corrected chi connectivity index (χ4v) is 3.99. The average molecular weight is 461 g/mol. The quantitative estimate of drug-likeness (QED) is 0.333. The number of esters is 1. The number of hydrogen-bond donors (Lipinski definition) is 1. The summed E-state index contributed by atoms with van der Waals surface area (Å²) in [6.45, 7) is 5.67. The van der Waals surface area contributed by atoms with Gasteiger partial charge in [-0.1, -0.05) is 24.3 Å². The minimum absolute atomic E-state index is 0.113. The number of benzene rings is 2. The molecule has 2 heterocycles. The molecule has 3 amide bonds. The van der Waals surface area contributed by atoms with E-state index in [0.717, 1.165) is 27.5 Å². The molecule has 0 atom stereocenters. The summed E-state index contributed by atoms with van der Waals surface area (Å²) in [6, 6.07) is 14.4. The van der Waals surface area contributed by atoms with Gasteiger partial charge in [0.1, 0.15) is 11.5 Å². The van der Waals surface area contributed by atoms with Crippen molar-refractivity contribution >= 4 is 24.0 Å². The summed E-state index contributed by atoms with van der Waals surface area (Å²) in [5.74, 6) is -1.40. The number of ether oxygens (including phenoxy) is 1. The number of urea groups is 1. The maximum absolute atomic E-state index is 14.0. The average Bonchev–Trinajstić information content (AvgIpc) is 3.24. The highest BCUT2D eigenvalue weighted by Crippen LogP contribution is 2.25. The predicted octanol–water partition coefficient (Wildman–Crippen LogP) is 4.50. The van der Waals surface area contributed by atoms with E-state index in [1.54, 1.807) is 43.3 Å². The predicted molar refractivity (Wildman–Crippen MR) is 125 cm³/mol.